The van der Waals surface area contributed by atoms with Crippen molar-refractivity contribution in [3.63, 3.8) is 0 Å². The van der Waals surface area contributed by atoms with Crippen LogP contribution < -0.4 is 0 Å². The number of rotatable bonds is 14. The lowest BCUT2D eigenvalue weighted by Crippen LogP contribution is -2.35. The van der Waals surface area contributed by atoms with E-state index in [4.69, 9.17) is 9.15 Å². The molecule has 0 amide bonds. The van der Waals surface area contributed by atoms with Gasteiger partial charge in [0.2, 0.25) is 6.10 Å². The van der Waals surface area contributed by atoms with E-state index in [1.54, 1.807) is 13.8 Å². The average Bonchev–Trinajstić information content (AvgIpc) is 3.24. The number of aryl methyl sites for hydroxylation is 2. The van der Waals surface area contributed by atoms with Gasteiger partial charge in [0.25, 0.3) is 0 Å². The van der Waals surface area contributed by atoms with Gasteiger partial charge in [0, 0.05) is 24.7 Å². The molecule has 1 aromatic rings. The molecule has 1 atom stereocenters. The van der Waals surface area contributed by atoms with E-state index in [2.05, 4.69) is 6.92 Å². The Morgan fingerprint density at radius 3 is 2.16 bits per heavy atom. The third kappa shape index (κ3) is 6.63. The van der Waals surface area contributed by atoms with Crippen LogP contribution in [0.25, 0.3) is 0 Å². The summed E-state index contributed by atoms with van der Waals surface area (Å²) in [6, 6.07) is 3.95. The Hall–Kier alpha value is -2.24. The Labute approximate surface area is 192 Å². The molecule has 1 aliphatic rings. The second kappa shape index (κ2) is 11.1. The van der Waals surface area contributed by atoms with Crippen molar-refractivity contribution in [1.29, 1.82) is 0 Å². The fourth-order valence-corrected chi connectivity index (χ4v) is 4.39. The number of ether oxygens (including phenoxy) is 1. The van der Waals surface area contributed by atoms with Gasteiger partial charge in [0.15, 0.2) is 0 Å². The smallest absolute Gasteiger partial charge is 0.345 e. The molecule has 0 aliphatic carbocycles. The molecule has 32 heavy (non-hydrogen) atoms. The number of unbranched alkanes of at least 4 members (excludes halogenated alkanes) is 2. The minimum absolute atomic E-state index is 0.490. The summed E-state index contributed by atoms with van der Waals surface area (Å²) in [5.41, 5.74) is -0.0586. The van der Waals surface area contributed by atoms with Gasteiger partial charge in [-0.25, -0.2) is 4.79 Å². The Morgan fingerprint density at radius 1 is 0.969 bits per heavy atom. The first-order valence-corrected chi connectivity index (χ1v) is 11.9. The number of carbonyl (C=O) groups is 2. The van der Waals surface area contributed by atoms with Crippen molar-refractivity contribution < 1.29 is 29.0 Å². The van der Waals surface area contributed by atoms with E-state index < -0.39 is 28.9 Å². The number of hydrogen-bond acceptors (Lipinski definition) is 4. The molecule has 6 nitrogen and oxygen atoms in total. The summed E-state index contributed by atoms with van der Waals surface area (Å²) < 4.78 is 11.9. The third-order valence-corrected chi connectivity index (χ3v) is 6.63. The predicted octanol–water partition coefficient (Wildman–Crippen LogP) is 6.38. The predicted molar refractivity (Wildman–Crippen MR) is 123 cm³/mol. The largest absolute Gasteiger partial charge is 0.482 e. The standard InChI is InChI=1S/C26H40O6/c1-6-7-8-13-20-21(32-22(23(27)28)26(20,4)5)14-9-11-18-15-16-19(31-18)12-10-17-25(2,3)24(29)30/h15-16,22H,6-14,17H2,1-5H3,(H,27,28)(H,29,30). The lowest BCUT2D eigenvalue weighted by atomic mass is 9.77. The lowest BCUT2D eigenvalue weighted by Gasteiger charge is -2.25. The Kier molecular flexibility index (Phi) is 8.99. The molecular weight excluding hydrogens is 408 g/mol. The molecule has 0 aromatic carbocycles. The summed E-state index contributed by atoms with van der Waals surface area (Å²) in [4.78, 5) is 22.9. The summed E-state index contributed by atoms with van der Waals surface area (Å²) in [6.45, 7) is 9.61. The second-order valence-corrected chi connectivity index (χ2v) is 10.2. The van der Waals surface area contributed by atoms with Crippen LogP contribution in [-0.2, 0) is 27.2 Å². The van der Waals surface area contributed by atoms with Gasteiger partial charge in [-0.2, -0.15) is 0 Å². The topological polar surface area (TPSA) is 97.0 Å². The molecule has 2 heterocycles. The highest BCUT2D eigenvalue weighted by Crippen LogP contribution is 2.46. The van der Waals surface area contributed by atoms with Crippen LogP contribution in [0.5, 0.6) is 0 Å². The second-order valence-electron chi connectivity index (χ2n) is 10.2. The SMILES string of the molecule is CCCCCC1=C(CCCc2ccc(CCCC(C)(C)C(=O)O)o2)OC(C(=O)O)C1(C)C. The zero-order chi connectivity index (χ0) is 23.9. The molecule has 1 aliphatic heterocycles. The van der Waals surface area contributed by atoms with Crippen LogP contribution in [0.1, 0.15) is 97.5 Å². The van der Waals surface area contributed by atoms with Crippen LogP contribution in [-0.4, -0.2) is 28.3 Å². The lowest BCUT2D eigenvalue weighted by molar-refractivity contribution is -0.151. The zero-order valence-electron chi connectivity index (χ0n) is 20.3. The molecule has 1 aromatic heterocycles. The molecule has 2 rings (SSSR count). The van der Waals surface area contributed by atoms with Crippen LogP contribution in [0.15, 0.2) is 27.9 Å². The molecule has 1 unspecified atom stereocenters. The number of carboxylic acid groups (broad SMARTS) is 2. The van der Waals surface area contributed by atoms with Crippen molar-refractivity contribution in [1.82, 2.24) is 0 Å². The van der Waals surface area contributed by atoms with Gasteiger partial charge in [0.1, 0.15) is 11.5 Å². The van der Waals surface area contributed by atoms with Crippen molar-refractivity contribution >= 4 is 11.9 Å². The van der Waals surface area contributed by atoms with Crippen LogP contribution in [0, 0.1) is 10.8 Å². The summed E-state index contributed by atoms with van der Waals surface area (Å²) in [5.74, 6) is 0.951. The van der Waals surface area contributed by atoms with E-state index in [9.17, 15) is 19.8 Å². The monoisotopic (exact) mass is 448 g/mol. The van der Waals surface area contributed by atoms with E-state index in [0.29, 0.717) is 12.8 Å². The van der Waals surface area contributed by atoms with Crippen LogP contribution in [0.4, 0.5) is 0 Å². The maximum atomic E-state index is 11.7. The molecule has 6 heteroatoms. The minimum Gasteiger partial charge on any atom is -0.482 e. The van der Waals surface area contributed by atoms with Crippen molar-refractivity contribution in [2.45, 2.75) is 105 Å². The summed E-state index contributed by atoms with van der Waals surface area (Å²) >= 11 is 0. The van der Waals surface area contributed by atoms with Gasteiger partial charge in [-0.15, -0.1) is 0 Å². The van der Waals surface area contributed by atoms with Gasteiger partial charge in [-0.05, 0) is 63.7 Å². The van der Waals surface area contributed by atoms with Crippen LogP contribution >= 0.6 is 0 Å². The van der Waals surface area contributed by atoms with E-state index in [0.717, 1.165) is 74.2 Å². The minimum atomic E-state index is -0.903. The molecule has 0 spiro atoms. The molecule has 0 radical (unpaired) electrons. The Bertz CT molecular complexity index is 814. The van der Waals surface area contributed by atoms with Crippen molar-refractivity contribution in [3.05, 3.63) is 35.0 Å². The summed E-state index contributed by atoms with van der Waals surface area (Å²) in [5, 5.41) is 18.8. The molecule has 0 saturated carbocycles. The maximum absolute atomic E-state index is 11.7. The van der Waals surface area contributed by atoms with Crippen LogP contribution in [0.2, 0.25) is 0 Å². The van der Waals surface area contributed by atoms with Gasteiger partial charge in [-0.1, -0.05) is 33.6 Å². The van der Waals surface area contributed by atoms with Gasteiger partial charge < -0.3 is 19.4 Å². The highest BCUT2D eigenvalue weighted by atomic mass is 16.5. The fraction of sp³-hybridized carbons (Fsp3) is 0.692. The highest BCUT2D eigenvalue weighted by Gasteiger charge is 2.46. The first-order valence-electron chi connectivity index (χ1n) is 11.9. The molecule has 0 saturated heterocycles. The maximum Gasteiger partial charge on any atom is 0.345 e. The van der Waals surface area contributed by atoms with E-state index >= 15 is 0 Å². The number of carboxylic acids is 2. The Balaban J connectivity index is 1.91. The van der Waals surface area contributed by atoms with E-state index in [1.807, 2.05) is 26.0 Å². The first-order chi connectivity index (χ1) is 15.0. The quantitative estimate of drug-likeness (QED) is 0.321. The number of aliphatic carboxylic acids is 2. The first kappa shape index (κ1) is 26.0. The van der Waals surface area contributed by atoms with Gasteiger partial charge >= 0.3 is 11.9 Å². The molecule has 2 N–H and O–H groups in total. The van der Waals surface area contributed by atoms with Crippen LogP contribution in [0.3, 0.4) is 0 Å². The number of furan rings is 1. The normalized spacial score (nSPS) is 18.1. The molecular formula is C26H40O6. The number of hydrogen-bond donors (Lipinski definition) is 2. The average molecular weight is 449 g/mol. The van der Waals surface area contributed by atoms with Crippen molar-refractivity contribution in [3.8, 4) is 0 Å². The molecule has 180 valence electrons. The van der Waals surface area contributed by atoms with E-state index in [1.165, 1.54) is 0 Å². The summed E-state index contributed by atoms with van der Waals surface area (Å²) in [6.07, 6.45) is 7.75. The summed E-state index contributed by atoms with van der Waals surface area (Å²) in [7, 11) is 0. The fourth-order valence-electron chi connectivity index (χ4n) is 4.39. The zero-order valence-corrected chi connectivity index (χ0v) is 20.3. The number of allylic oxidation sites excluding steroid dienone is 1. The Morgan fingerprint density at radius 2 is 1.59 bits per heavy atom. The molecule has 0 fully saturated rings. The van der Waals surface area contributed by atoms with Crippen molar-refractivity contribution in [2.24, 2.45) is 10.8 Å². The van der Waals surface area contributed by atoms with Gasteiger partial charge in [-0.3, -0.25) is 4.79 Å². The highest BCUT2D eigenvalue weighted by molar-refractivity contribution is 5.75. The third-order valence-electron chi connectivity index (χ3n) is 6.63. The molecule has 0 bridgehead atoms. The van der Waals surface area contributed by atoms with Crippen molar-refractivity contribution in [2.75, 3.05) is 0 Å². The van der Waals surface area contributed by atoms with Gasteiger partial charge in [0.05, 0.1) is 11.2 Å². The van der Waals surface area contributed by atoms with E-state index in [-0.39, 0.29) is 0 Å².